The van der Waals surface area contributed by atoms with Crippen molar-refractivity contribution in [2.75, 3.05) is 5.88 Å². The van der Waals surface area contributed by atoms with Gasteiger partial charge in [-0.05, 0) is 12.8 Å². The molecular formula is C9H10ClN5. The molecular weight excluding hydrogens is 214 g/mol. The molecule has 0 aliphatic heterocycles. The van der Waals surface area contributed by atoms with E-state index >= 15 is 0 Å². The molecule has 0 bridgehead atoms. The number of nitrogens with zero attached hydrogens (tertiary/aromatic N) is 5. The van der Waals surface area contributed by atoms with Crippen LogP contribution < -0.4 is 0 Å². The van der Waals surface area contributed by atoms with Gasteiger partial charge in [-0.25, -0.2) is 14.6 Å². The van der Waals surface area contributed by atoms with Gasteiger partial charge in [0.05, 0.1) is 24.3 Å². The van der Waals surface area contributed by atoms with Crippen LogP contribution in [0.2, 0.25) is 0 Å². The second-order valence-electron chi connectivity index (χ2n) is 3.04. The molecule has 0 spiro atoms. The van der Waals surface area contributed by atoms with Crippen LogP contribution in [0, 0.1) is 0 Å². The van der Waals surface area contributed by atoms with Crippen molar-refractivity contribution in [3.63, 3.8) is 0 Å². The van der Waals surface area contributed by atoms with Crippen LogP contribution in [-0.4, -0.2) is 30.8 Å². The predicted octanol–water partition coefficient (Wildman–Crippen LogP) is 1.23. The van der Waals surface area contributed by atoms with Crippen molar-refractivity contribution >= 4 is 11.6 Å². The van der Waals surface area contributed by atoms with Crippen LogP contribution in [0.25, 0.3) is 5.69 Å². The van der Waals surface area contributed by atoms with Crippen molar-refractivity contribution in [1.29, 1.82) is 0 Å². The van der Waals surface area contributed by atoms with Gasteiger partial charge < -0.3 is 0 Å². The van der Waals surface area contributed by atoms with Crippen molar-refractivity contribution in [2.24, 2.45) is 0 Å². The van der Waals surface area contributed by atoms with E-state index in [9.17, 15) is 0 Å². The lowest BCUT2D eigenvalue weighted by molar-refractivity contribution is 0.785. The maximum atomic E-state index is 5.60. The average molecular weight is 224 g/mol. The number of hydrogen-bond acceptors (Lipinski definition) is 4. The smallest absolute Gasteiger partial charge is 0.115 e. The maximum Gasteiger partial charge on any atom is 0.115 e. The van der Waals surface area contributed by atoms with Crippen molar-refractivity contribution in [1.82, 2.24) is 25.0 Å². The molecule has 0 radical (unpaired) electrons. The summed E-state index contributed by atoms with van der Waals surface area (Å²) in [6.45, 7) is 0. The average Bonchev–Trinajstić information content (AvgIpc) is 2.76. The quantitative estimate of drug-likeness (QED) is 0.732. The first kappa shape index (κ1) is 10.0. The molecule has 5 nitrogen and oxygen atoms in total. The van der Waals surface area contributed by atoms with Crippen LogP contribution in [0.1, 0.15) is 12.1 Å². The van der Waals surface area contributed by atoms with E-state index in [2.05, 4.69) is 20.3 Å². The highest BCUT2D eigenvalue weighted by Crippen LogP contribution is 2.04. The summed E-state index contributed by atoms with van der Waals surface area (Å²) < 4.78 is 1.66. The Kier molecular flexibility index (Phi) is 3.24. The Morgan fingerprint density at radius 1 is 1.27 bits per heavy atom. The molecule has 0 unspecified atom stereocenters. The molecule has 0 fully saturated rings. The van der Waals surface area contributed by atoms with Crippen molar-refractivity contribution < 1.29 is 0 Å². The molecule has 2 aromatic heterocycles. The Bertz CT molecular complexity index is 413. The molecule has 2 heterocycles. The summed E-state index contributed by atoms with van der Waals surface area (Å²) >= 11 is 5.60. The number of rotatable bonds is 4. The van der Waals surface area contributed by atoms with E-state index in [1.54, 1.807) is 17.1 Å². The highest BCUT2D eigenvalue weighted by atomic mass is 35.5. The van der Waals surface area contributed by atoms with Crippen LogP contribution in [0.3, 0.4) is 0 Å². The maximum absolute atomic E-state index is 5.60. The molecule has 0 aromatic carbocycles. The fourth-order valence-electron chi connectivity index (χ4n) is 1.20. The van der Waals surface area contributed by atoms with E-state index in [0.717, 1.165) is 24.2 Å². The van der Waals surface area contributed by atoms with Gasteiger partial charge in [0.15, 0.2) is 0 Å². The Labute approximate surface area is 92.1 Å². The molecule has 2 rings (SSSR count). The minimum Gasteiger partial charge on any atom is -0.243 e. The second kappa shape index (κ2) is 4.84. The van der Waals surface area contributed by atoms with Gasteiger partial charge in [-0.2, -0.15) is 0 Å². The highest BCUT2D eigenvalue weighted by Gasteiger charge is 2.02. The zero-order valence-electron chi connectivity index (χ0n) is 8.04. The van der Waals surface area contributed by atoms with E-state index in [1.165, 1.54) is 6.33 Å². The third-order valence-corrected chi connectivity index (χ3v) is 2.19. The van der Waals surface area contributed by atoms with Crippen molar-refractivity contribution in [2.45, 2.75) is 12.8 Å². The summed E-state index contributed by atoms with van der Waals surface area (Å²) in [6.07, 6.45) is 8.48. The first-order valence-electron chi connectivity index (χ1n) is 4.63. The molecule has 0 amide bonds. The Balaban J connectivity index is 2.14. The molecule has 0 aliphatic rings. The number of hydrogen-bond donors (Lipinski definition) is 0. The van der Waals surface area contributed by atoms with Crippen LogP contribution in [-0.2, 0) is 6.42 Å². The monoisotopic (exact) mass is 223 g/mol. The molecule has 0 saturated carbocycles. The van der Waals surface area contributed by atoms with Gasteiger partial charge in [-0.3, -0.25) is 0 Å². The van der Waals surface area contributed by atoms with Gasteiger partial charge in [0.25, 0.3) is 0 Å². The van der Waals surface area contributed by atoms with Gasteiger partial charge >= 0.3 is 0 Å². The van der Waals surface area contributed by atoms with Crippen LogP contribution in [0.15, 0.2) is 24.9 Å². The minimum absolute atomic E-state index is 0.640. The third kappa shape index (κ3) is 2.50. The zero-order valence-corrected chi connectivity index (χ0v) is 8.80. The highest BCUT2D eigenvalue weighted by molar-refractivity contribution is 6.17. The molecule has 78 valence electrons. The Morgan fingerprint density at radius 2 is 2.07 bits per heavy atom. The molecule has 6 heteroatoms. The van der Waals surface area contributed by atoms with Gasteiger partial charge in [-0.1, -0.05) is 5.21 Å². The van der Waals surface area contributed by atoms with Gasteiger partial charge in [0, 0.05) is 5.88 Å². The molecule has 0 saturated heterocycles. The van der Waals surface area contributed by atoms with Gasteiger partial charge in [0.2, 0.25) is 0 Å². The normalized spacial score (nSPS) is 10.5. The number of aromatic nitrogens is 5. The summed E-state index contributed by atoms with van der Waals surface area (Å²) in [5.74, 6) is 0.640. The van der Waals surface area contributed by atoms with Crippen LogP contribution >= 0.6 is 11.6 Å². The van der Waals surface area contributed by atoms with E-state index in [1.807, 2.05) is 6.20 Å². The summed E-state index contributed by atoms with van der Waals surface area (Å²) in [4.78, 5) is 7.82. The summed E-state index contributed by atoms with van der Waals surface area (Å²) in [6, 6.07) is 0. The lowest BCUT2D eigenvalue weighted by Gasteiger charge is -1.95. The first-order valence-corrected chi connectivity index (χ1v) is 5.16. The molecule has 2 aromatic rings. The Morgan fingerprint density at radius 3 is 2.80 bits per heavy atom. The van der Waals surface area contributed by atoms with E-state index in [0.29, 0.717) is 5.88 Å². The van der Waals surface area contributed by atoms with Crippen LogP contribution in [0.4, 0.5) is 0 Å². The third-order valence-electron chi connectivity index (χ3n) is 1.92. The van der Waals surface area contributed by atoms with Crippen LogP contribution in [0.5, 0.6) is 0 Å². The first-order chi connectivity index (χ1) is 7.40. The van der Waals surface area contributed by atoms with E-state index in [4.69, 9.17) is 11.6 Å². The SMILES string of the molecule is ClCCCc1cn(-c2cncnc2)nn1. The van der Waals surface area contributed by atoms with Gasteiger partial charge in [0.1, 0.15) is 12.0 Å². The largest absolute Gasteiger partial charge is 0.243 e. The standard InChI is InChI=1S/C9H10ClN5/c10-3-1-2-8-6-15(14-13-8)9-4-11-7-12-5-9/h4-7H,1-3H2. The summed E-state index contributed by atoms with van der Waals surface area (Å²) in [7, 11) is 0. The Hall–Kier alpha value is -1.49. The minimum atomic E-state index is 0.640. The molecule has 0 N–H and O–H groups in total. The predicted molar refractivity (Wildman–Crippen MR) is 56.0 cm³/mol. The van der Waals surface area contributed by atoms with Crippen molar-refractivity contribution in [3.8, 4) is 5.69 Å². The lowest BCUT2D eigenvalue weighted by atomic mass is 10.3. The zero-order chi connectivity index (χ0) is 10.5. The number of halogens is 1. The van der Waals surface area contributed by atoms with E-state index < -0.39 is 0 Å². The van der Waals surface area contributed by atoms with Crippen molar-refractivity contribution in [3.05, 3.63) is 30.6 Å². The fourth-order valence-corrected chi connectivity index (χ4v) is 1.33. The molecule has 0 atom stereocenters. The lowest BCUT2D eigenvalue weighted by Crippen LogP contribution is -1.95. The molecule has 0 aliphatic carbocycles. The summed E-state index contributed by atoms with van der Waals surface area (Å²) in [5.41, 5.74) is 1.74. The summed E-state index contributed by atoms with van der Waals surface area (Å²) in [5, 5.41) is 8.01. The topological polar surface area (TPSA) is 56.5 Å². The number of alkyl halides is 1. The number of aryl methyl sites for hydroxylation is 1. The van der Waals surface area contributed by atoms with E-state index in [-0.39, 0.29) is 0 Å². The molecule has 15 heavy (non-hydrogen) atoms. The second-order valence-corrected chi connectivity index (χ2v) is 3.42. The fraction of sp³-hybridized carbons (Fsp3) is 0.333. The van der Waals surface area contributed by atoms with Gasteiger partial charge in [-0.15, -0.1) is 16.7 Å².